The van der Waals surface area contributed by atoms with Crippen molar-refractivity contribution in [3.05, 3.63) is 74.9 Å². The maximum Gasteiger partial charge on any atom is 0.416 e. The van der Waals surface area contributed by atoms with Crippen molar-refractivity contribution in [1.82, 2.24) is 9.55 Å². The highest BCUT2D eigenvalue weighted by Crippen LogP contribution is 2.34. The van der Waals surface area contributed by atoms with Gasteiger partial charge in [0.15, 0.2) is 0 Å². The van der Waals surface area contributed by atoms with Gasteiger partial charge in [0.2, 0.25) is 0 Å². The largest absolute Gasteiger partial charge is 0.416 e. The summed E-state index contributed by atoms with van der Waals surface area (Å²) < 4.78 is 40.5. The van der Waals surface area contributed by atoms with E-state index in [1.807, 2.05) is 28.3 Å². The number of aromatic nitrogens is 2. The summed E-state index contributed by atoms with van der Waals surface area (Å²) in [5, 5.41) is 4.46. The number of aryl methyl sites for hydroxylation is 1. The molecule has 0 unspecified atom stereocenters. The third-order valence-electron chi connectivity index (χ3n) is 5.02. The van der Waals surface area contributed by atoms with Crippen LogP contribution in [-0.4, -0.2) is 15.5 Å². The zero-order chi connectivity index (χ0) is 22.2. The van der Waals surface area contributed by atoms with Crippen LogP contribution in [0.1, 0.15) is 26.5 Å². The first-order valence-corrected chi connectivity index (χ1v) is 11.2. The van der Waals surface area contributed by atoms with Crippen LogP contribution in [0.3, 0.4) is 0 Å². The number of thiazole rings is 1. The molecule has 0 saturated heterocycles. The van der Waals surface area contributed by atoms with Crippen LogP contribution in [0.15, 0.2) is 53.2 Å². The van der Waals surface area contributed by atoms with Gasteiger partial charge in [-0.3, -0.25) is 4.79 Å². The molecular formula is C22H18F3N3OS2. The van der Waals surface area contributed by atoms with Gasteiger partial charge in [0, 0.05) is 28.1 Å². The van der Waals surface area contributed by atoms with Crippen molar-refractivity contribution in [2.24, 2.45) is 5.73 Å². The van der Waals surface area contributed by atoms with Crippen LogP contribution < -0.4 is 5.73 Å². The number of nitrogens with two attached hydrogens (primary N) is 1. The molecule has 0 aliphatic heterocycles. The molecule has 0 aliphatic rings. The molecule has 1 aromatic carbocycles. The van der Waals surface area contributed by atoms with Gasteiger partial charge in [-0.2, -0.15) is 13.2 Å². The van der Waals surface area contributed by atoms with Gasteiger partial charge in [-0.15, -0.1) is 22.7 Å². The zero-order valence-electron chi connectivity index (χ0n) is 16.4. The third-order valence-corrected chi connectivity index (χ3v) is 6.85. The average molecular weight is 462 g/mol. The van der Waals surface area contributed by atoms with Crippen molar-refractivity contribution >= 4 is 28.6 Å². The smallest absolute Gasteiger partial charge is 0.366 e. The molecule has 31 heavy (non-hydrogen) atoms. The Kier molecular flexibility index (Phi) is 5.72. The Morgan fingerprint density at radius 2 is 1.90 bits per heavy atom. The second-order valence-corrected chi connectivity index (χ2v) is 8.88. The van der Waals surface area contributed by atoms with Gasteiger partial charge in [-0.25, -0.2) is 4.98 Å². The van der Waals surface area contributed by atoms with E-state index in [1.165, 1.54) is 28.3 Å². The fourth-order valence-electron chi connectivity index (χ4n) is 3.40. The van der Waals surface area contributed by atoms with Crippen molar-refractivity contribution in [2.75, 3.05) is 0 Å². The standard InChI is InChI=1S/C22H18F3N3OS2/c1-13-17(20(26)29)11-19(28(13)9-8-16-3-2-10-30-16)18-12-31-21(27-18)14-4-6-15(7-5-14)22(23,24)25/h2-7,10-12H,8-9H2,1H3,(H2,26,29). The molecule has 1 amide bonds. The first-order valence-electron chi connectivity index (χ1n) is 9.40. The van der Waals surface area contributed by atoms with Gasteiger partial charge in [-0.1, -0.05) is 18.2 Å². The Balaban J connectivity index is 1.67. The number of nitrogens with zero attached hydrogens (tertiary/aromatic N) is 2. The topological polar surface area (TPSA) is 60.9 Å². The third kappa shape index (κ3) is 4.42. The molecule has 0 fully saturated rings. The SMILES string of the molecule is Cc1c(C(N)=O)cc(-c2csc(-c3ccc(C(F)(F)F)cc3)n2)n1CCc1cccs1. The van der Waals surface area contributed by atoms with Crippen LogP contribution in [0.25, 0.3) is 22.0 Å². The zero-order valence-corrected chi connectivity index (χ0v) is 18.1. The minimum Gasteiger partial charge on any atom is -0.366 e. The number of hydrogen-bond acceptors (Lipinski definition) is 4. The van der Waals surface area contributed by atoms with E-state index in [0.29, 0.717) is 28.4 Å². The summed E-state index contributed by atoms with van der Waals surface area (Å²) in [6.07, 6.45) is -3.58. The van der Waals surface area contributed by atoms with E-state index < -0.39 is 17.6 Å². The number of amides is 1. The number of primary amides is 1. The van der Waals surface area contributed by atoms with E-state index in [4.69, 9.17) is 5.73 Å². The van der Waals surface area contributed by atoms with Crippen molar-refractivity contribution in [2.45, 2.75) is 26.1 Å². The van der Waals surface area contributed by atoms with Gasteiger partial charge in [0.1, 0.15) is 5.01 Å². The van der Waals surface area contributed by atoms with E-state index in [2.05, 4.69) is 11.1 Å². The van der Waals surface area contributed by atoms with Gasteiger partial charge in [-0.05, 0) is 43.0 Å². The van der Waals surface area contributed by atoms with Crippen LogP contribution in [-0.2, 0) is 19.1 Å². The Morgan fingerprint density at radius 3 is 2.52 bits per heavy atom. The number of benzene rings is 1. The van der Waals surface area contributed by atoms with Crippen molar-refractivity contribution in [1.29, 1.82) is 0 Å². The van der Waals surface area contributed by atoms with Crippen molar-refractivity contribution < 1.29 is 18.0 Å². The van der Waals surface area contributed by atoms with Crippen LogP contribution in [0.5, 0.6) is 0 Å². The lowest BCUT2D eigenvalue weighted by molar-refractivity contribution is -0.137. The highest BCUT2D eigenvalue weighted by molar-refractivity contribution is 7.13. The summed E-state index contributed by atoms with van der Waals surface area (Å²) in [7, 11) is 0. The minimum absolute atomic E-state index is 0.435. The van der Waals surface area contributed by atoms with Gasteiger partial charge >= 0.3 is 6.18 Å². The summed E-state index contributed by atoms with van der Waals surface area (Å²) in [5.41, 5.74) is 8.08. The second-order valence-electron chi connectivity index (χ2n) is 6.99. The minimum atomic E-state index is -4.38. The highest BCUT2D eigenvalue weighted by atomic mass is 32.1. The summed E-state index contributed by atoms with van der Waals surface area (Å²) in [4.78, 5) is 17.7. The molecule has 3 aromatic heterocycles. The Labute approximate surface area is 184 Å². The lowest BCUT2D eigenvalue weighted by atomic mass is 10.1. The summed E-state index contributed by atoms with van der Waals surface area (Å²) in [5.74, 6) is -0.508. The molecule has 3 heterocycles. The quantitative estimate of drug-likeness (QED) is 0.382. The molecule has 0 saturated carbocycles. The molecule has 4 nitrogen and oxygen atoms in total. The van der Waals surface area contributed by atoms with Crippen LogP contribution in [0.4, 0.5) is 13.2 Å². The molecule has 0 aliphatic carbocycles. The molecule has 4 aromatic rings. The number of rotatable bonds is 6. The van der Waals surface area contributed by atoms with Crippen LogP contribution in [0, 0.1) is 6.92 Å². The molecule has 0 spiro atoms. The summed E-state index contributed by atoms with van der Waals surface area (Å²) in [6.45, 7) is 2.50. The number of hydrogen-bond donors (Lipinski definition) is 1. The summed E-state index contributed by atoms with van der Waals surface area (Å²) in [6, 6.07) is 10.7. The van der Waals surface area contributed by atoms with Gasteiger partial charge in [0.05, 0.1) is 22.5 Å². The predicted octanol–water partition coefficient (Wildman–Crippen LogP) is 6.01. The monoisotopic (exact) mass is 461 g/mol. The summed E-state index contributed by atoms with van der Waals surface area (Å²) >= 11 is 3.01. The number of alkyl halides is 3. The van der Waals surface area contributed by atoms with E-state index in [-0.39, 0.29) is 0 Å². The highest BCUT2D eigenvalue weighted by Gasteiger charge is 2.30. The van der Waals surface area contributed by atoms with Gasteiger partial charge in [0.25, 0.3) is 5.91 Å². The first kappa shape index (κ1) is 21.3. The second kappa shape index (κ2) is 8.32. The fraction of sp³-hybridized carbons (Fsp3) is 0.182. The van der Waals surface area contributed by atoms with Crippen LogP contribution >= 0.6 is 22.7 Å². The van der Waals surface area contributed by atoms with E-state index in [1.54, 1.807) is 17.4 Å². The Bertz CT molecular complexity index is 1210. The number of halogens is 3. The lowest BCUT2D eigenvalue weighted by Crippen LogP contribution is -2.13. The number of carbonyl (C=O) groups is 1. The van der Waals surface area contributed by atoms with E-state index in [0.717, 1.165) is 29.9 Å². The molecule has 4 rings (SSSR count). The van der Waals surface area contributed by atoms with Crippen molar-refractivity contribution in [3.8, 4) is 22.0 Å². The molecule has 0 atom stereocenters. The average Bonchev–Trinajstić information content (AvgIpc) is 3.46. The maximum atomic E-state index is 12.8. The fourth-order valence-corrected chi connectivity index (χ4v) is 4.92. The molecular weight excluding hydrogens is 443 g/mol. The normalized spacial score (nSPS) is 11.7. The molecule has 9 heteroatoms. The molecule has 160 valence electrons. The lowest BCUT2D eigenvalue weighted by Gasteiger charge is -2.10. The van der Waals surface area contributed by atoms with Crippen LogP contribution in [0.2, 0.25) is 0 Å². The number of thiophene rings is 1. The Morgan fingerprint density at radius 1 is 1.16 bits per heavy atom. The van der Waals surface area contributed by atoms with Crippen molar-refractivity contribution in [3.63, 3.8) is 0 Å². The number of carbonyl (C=O) groups excluding carboxylic acids is 1. The van der Waals surface area contributed by atoms with E-state index in [9.17, 15) is 18.0 Å². The first-order chi connectivity index (χ1) is 14.7. The molecule has 0 radical (unpaired) electrons. The predicted molar refractivity (Wildman–Crippen MR) is 117 cm³/mol. The van der Waals surface area contributed by atoms with E-state index >= 15 is 0 Å². The molecule has 0 bridgehead atoms. The molecule has 2 N–H and O–H groups in total. The van der Waals surface area contributed by atoms with Gasteiger partial charge < -0.3 is 10.3 Å². The maximum absolute atomic E-state index is 12.8. The Hall–Kier alpha value is -2.91.